The Morgan fingerprint density at radius 2 is 1.87 bits per heavy atom. The third-order valence-electron chi connectivity index (χ3n) is 1.61. The molecule has 1 aromatic rings. The molecule has 0 fully saturated rings. The minimum absolute atomic E-state index is 0.146. The summed E-state index contributed by atoms with van der Waals surface area (Å²) in [6, 6.07) is 3.67. The molecule has 1 aromatic carbocycles. The topological polar surface area (TPSA) is 9.23 Å². The van der Waals surface area contributed by atoms with Crippen LogP contribution in [0.5, 0.6) is 5.75 Å². The molecular weight excluding hydrogens is 273 g/mol. The molecule has 0 saturated carbocycles. The fraction of sp³-hybridized carbons (Fsp3) is 0.400. The zero-order valence-corrected chi connectivity index (χ0v) is 9.82. The predicted molar refractivity (Wildman–Crippen MR) is 54.9 cm³/mol. The highest BCUT2D eigenvalue weighted by atomic mass is 79.9. The fourth-order valence-corrected chi connectivity index (χ4v) is 1.42. The van der Waals surface area contributed by atoms with Crippen LogP contribution in [0, 0.1) is 0 Å². The van der Waals surface area contributed by atoms with Gasteiger partial charge in [-0.1, -0.05) is 15.9 Å². The third-order valence-corrected chi connectivity index (χ3v) is 2.10. The van der Waals surface area contributed by atoms with Crippen molar-refractivity contribution in [2.45, 2.75) is 26.1 Å². The molecule has 0 amide bonds. The van der Waals surface area contributed by atoms with Crippen molar-refractivity contribution in [1.82, 2.24) is 0 Å². The van der Waals surface area contributed by atoms with E-state index in [0.717, 1.165) is 6.07 Å². The van der Waals surface area contributed by atoms with Crippen LogP contribution in [0.25, 0.3) is 0 Å². The van der Waals surface area contributed by atoms with Crippen LogP contribution >= 0.6 is 15.9 Å². The molecule has 0 spiro atoms. The summed E-state index contributed by atoms with van der Waals surface area (Å²) in [7, 11) is 0. The molecule has 0 aliphatic heterocycles. The van der Waals surface area contributed by atoms with E-state index >= 15 is 0 Å². The smallest absolute Gasteiger partial charge is 0.419 e. The molecule has 15 heavy (non-hydrogen) atoms. The standard InChI is InChI=1S/C10H10BrF3O/c1-6(2)15-9-5-7(11)3-4-8(9)10(12,13)14/h3-6H,1-2H3. The van der Waals surface area contributed by atoms with Crippen molar-refractivity contribution >= 4 is 15.9 Å². The number of rotatable bonds is 2. The summed E-state index contributed by atoms with van der Waals surface area (Å²) in [5.41, 5.74) is -0.751. The molecule has 0 aliphatic rings. The van der Waals surface area contributed by atoms with E-state index in [1.54, 1.807) is 13.8 Å². The first-order valence-electron chi connectivity index (χ1n) is 4.34. The average Bonchev–Trinajstić information content (AvgIpc) is 1.99. The molecule has 0 aromatic heterocycles. The van der Waals surface area contributed by atoms with Crippen molar-refractivity contribution in [3.63, 3.8) is 0 Å². The Kier molecular flexibility index (Phi) is 3.65. The van der Waals surface area contributed by atoms with Gasteiger partial charge in [-0.15, -0.1) is 0 Å². The zero-order chi connectivity index (χ0) is 11.6. The van der Waals surface area contributed by atoms with Gasteiger partial charge in [0, 0.05) is 4.47 Å². The second kappa shape index (κ2) is 4.43. The Morgan fingerprint density at radius 1 is 1.27 bits per heavy atom. The summed E-state index contributed by atoms with van der Waals surface area (Å²) in [4.78, 5) is 0. The van der Waals surface area contributed by atoms with Crippen LogP contribution in [-0.2, 0) is 6.18 Å². The Bertz CT molecular complexity index is 347. The molecule has 0 aliphatic carbocycles. The quantitative estimate of drug-likeness (QED) is 0.788. The first-order chi connectivity index (χ1) is 6.80. The Morgan fingerprint density at radius 3 is 2.33 bits per heavy atom. The molecule has 0 atom stereocenters. The lowest BCUT2D eigenvalue weighted by molar-refractivity contribution is -0.139. The van der Waals surface area contributed by atoms with E-state index in [4.69, 9.17) is 4.74 Å². The lowest BCUT2D eigenvalue weighted by Gasteiger charge is -2.16. The number of ether oxygens (including phenoxy) is 1. The van der Waals surface area contributed by atoms with Crippen molar-refractivity contribution < 1.29 is 17.9 Å². The summed E-state index contributed by atoms with van der Waals surface area (Å²) in [5, 5.41) is 0. The van der Waals surface area contributed by atoms with E-state index in [1.807, 2.05) is 0 Å². The van der Waals surface area contributed by atoms with Gasteiger partial charge in [0.15, 0.2) is 0 Å². The zero-order valence-electron chi connectivity index (χ0n) is 8.23. The number of alkyl halides is 3. The molecule has 0 radical (unpaired) electrons. The van der Waals surface area contributed by atoms with Gasteiger partial charge in [-0.25, -0.2) is 0 Å². The van der Waals surface area contributed by atoms with Crippen molar-refractivity contribution in [2.75, 3.05) is 0 Å². The molecule has 1 nitrogen and oxygen atoms in total. The molecule has 0 unspecified atom stereocenters. The molecule has 5 heteroatoms. The van der Waals surface area contributed by atoms with Gasteiger partial charge in [-0.05, 0) is 32.0 Å². The van der Waals surface area contributed by atoms with E-state index in [9.17, 15) is 13.2 Å². The maximum atomic E-state index is 12.5. The fourth-order valence-electron chi connectivity index (χ4n) is 1.08. The van der Waals surface area contributed by atoms with Gasteiger partial charge >= 0.3 is 6.18 Å². The van der Waals surface area contributed by atoms with Gasteiger partial charge in [-0.2, -0.15) is 13.2 Å². The minimum Gasteiger partial charge on any atom is -0.490 e. The van der Waals surface area contributed by atoms with Crippen molar-refractivity contribution in [1.29, 1.82) is 0 Å². The first-order valence-corrected chi connectivity index (χ1v) is 5.13. The number of halogens is 4. The van der Waals surface area contributed by atoms with Gasteiger partial charge in [0.05, 0.1) is 11.7 Å². The SMILES string of the molecule is CC(C)Oc1cc(Br)ccc1C(F)(F)F. The summed E-state index contributed by atoms with van der Waals surface area (Å²) < 4.78 is 43.3. The molecule has 0 heterocycles. The average molecular weight is 283 g/mol. The molecule has 0 saturated heterocycles. The van der Waals surface area contributed by atoms with Gasteiger partial charge < -0.3 is 4.74 Å². The number of hydrogen-bond acceptors (Lipinski definition) is 1. The second-order valence-electron chi connectivity index (χ2n) is 3.30. The van der Waals surface area contributed by atoms with Crippen molar-refractivity contribution in [3.8, 4) is 5.75 Å². The predicted octanol–water partition coefficient (Wildman–Crippen LogP) is 4.26. The van der Waals surface area contributed by atoms with E-state index in [1.165, 1.54) is 12.1 Å². The maximum Gasteiger partial charge on any atom is 0.419 e. The van der Waals surface area contributed by atoms with E-state index in [0.29, 0.717) is 4.47 Å². The summed E-state index contributed by atoms with van der Waals surface area (Å²) in [6.07, 6.45) is -4.68. The largest absolute Gasteiger partial charge is 0.490 e. The summed E-state index contributed by atoms with van der Waals surface area (Å²) >= 11 is 3.11. The van der Waals surface area contributed by atoms with Crippen LogP contribution in [0.2, 0.25) is 0 Å². The molecule has 0 bridgehead atoms. The lowest BCUT2D eigenvalue weighted by atomic mass is 10.2. The van der Waals surface area contributed by atoms with Crippen LogP contribution < -0.4 is 4.74 Å². The lowest BCUT2D eigenvalue weighted by Crippen LogP contribution is -2.12. The van der Waals surface area contributed by atoms with Crippen LogP contribution in [-0.4, -0.2) is 6.10 Å². The van der Waals surface area contributed by atoms with Gasteiger partial charge in [-0.3, -0.25) is 0 Å². The van der Waals surface area contributed by atoms with E-state index in [-0.39, 0.29) is 11.9 Å². The van der Waals surface area contributed by atoms with Crippen LogP contribution in [0.4, 0.5) is 13.2 Å². The summed E-state index contributed by atoms with van der Waals surface area (Å²) in [5.74, 6) is -0.146. The van der Waals surface area contributed by atoms with E-state index < -0.39 is 11.7 Å². The maximum absolute atomic E-state index is 12.5. The summed E-state index contributed by atoms with van der Waals surface area (Å²) in [6.45, 7) is 3.36. The number of benzene rings is 1. The molecule has 0 N–H and O–H groups in total. The molecule has 1 rings (SSSR count). The highest BCUT2D eigenvalue weighted by Crippen LogP contribution is 2.37. The van der Waals surface area contributed by atoms with Crippen LogP contribution in [0.15, 0.2) is 22.7 Å². The third kappa shape index (κ3) is 3.41. The Labute approximate surface area is 94.4 Å². The van der Waals surface area contributed by atoms with E-state index in [2.05, 4.69) is 15.9 Å². The van der Waals surface area contributed by atoms with Gasteiger partial charge in [0.1, 0.15) is 5.75 Å². The van der Waals surface area contributed by atoms with Crippen molar-refractivity contribution in [2.24, 2.45) is 0 Å². The second-order valence-corrected chi connectivity index (χ2v) is 4.22. The first kappa shape index (κ1) is 12.4. The number of hydrogen-bond donors (Lipinski definition) is 0. The monoisotopic (exact) mass is 282 g/mol. The highest BCUT2D eigenvalue weighted by molar-refractivity contribution is 9.10. The van der Waals surface area contributed by atoms with Crippen molar-refractivity contribution in [3.05, 3.63) is 28.2 Å². The molecular formula is C10H10BrF3O. The van der Waals surface area contributed by atoms with Crippen LogP contribution in [0.1, 0.15) is 19.4 Å². The normalized spacial score (nSPS) is 11.9. The minimum atomic E-state index is -4.38. The Balaban J connectivity index is 3.15. The van der Waals surface area contributed by atoms with Gasteiger partial charge in [0.2, 0.25) is 0 Å². The van der Waals surface area contributed by atoms with Gasteiger partial charge in [0.25, 0.3) is 0 Å². The highest BCUT2D eigenvalue weighted by Gasteiger charge is 2.34. The Hall–Kier alpha value is -0.710. The molecule has 84 valence electrons. The van der Waals surface area contributed by atoms with Crippen LogP contribution in [0.3, 0.4) is 0 Å².